The Labute approximate surface area is 158 Å². The van der Waals surface area contributed by atoms with E-state index in [1.807, 2.05) is 0 Å². The highest BCUT2D eigenvalue weighted by molar-refractivity contribution is 7.88. The van der Waals surface area contributed by atoms with E-state index >= 15 is 0 Å². The molecule has 0 radical (unpaired) electrons. The molecule has 2 rings (SSSR count). The van der Waals surface area contributed by atoms with Gasteiger partial charge in [-0.2, -0.15) is 0 Å². The van der Waals surface area contributed by atoms with Crippen molar-refractivity contribution in [1.82, 2.24) is 14.9 Å². The first-order chi connectivity index (χ1) is 12.4. The Hall–Kier alpha value is -1.60. The van der Waals surface area contributed by atoms with Crippen LogP contribution >= 0.6 is 0 Å². The molecule has 0 spiro atoms. The summed E-state index contributed by atoms with van der Waals surface area (Å²) in [6.07, 6.45) is 2.99. The van der Waals surface area contributed by atoms with Gasteiger partial charge in [0.15, 0.2) is 5.96 Å². The molecule has 1 saturated heterocycles. The van der Waals surface area contributed by atoms with E-state index in [9.17, 15) is 8.42 Å². The second kappa shape index (κ2) is 9.92. The maximum Gasteiger partial charge on any atom is 0.208 e. The van der Waals surface area contributed by atoms with Crippen LogP contribution in [0.3, 0.4) is 0 Å². The summed E-state index contributed by atoms with van der Waals surface area (Å²) in [6, 6.07) is 10.8. The third kappa shape index (κ3) is 6.61. The number of hydrogen-bond acceptors (Lipinski definition) is 3. The van der Waals surface area contributed by atoms with Gasteiger partial charge in [0.05, 0.1) is 6.26 Å². The van der Waals surface area contributed by atoms with Crippen molar-refractivity contribution in [2.75, 3.05) is 39.0 Å². The van der Waals surface area contributed by atoms with E-state index in [-0.39, 0.29) is 0 Å². The van der Waals surface area contributed by atoms with Crippen molar-refractivity contribution in [3.8, 4) is 0 Å². The Bertz CT molecular complexity index is 676. The number of benzene rings is 1. The van der Waals surface area contributed by atoms with E-state index in [1.54, 1.807) is 0 Å². The lowest BCUT2D eigenvalue weighted by Gasteiger charge is -2.39. The van der Waals surface area contributed by atoms with Gasteiger partial charge in [-0.3, -0.25) is 4.99 Å². The summed E-state index contributed by atoms with van der Waals surface area (Å²) in [7, 11) is -3.12. The number of likely N-dealkylation sites (tertiary alicyclic amines) is 1. The molecule has 1 aliphatic rings. The SMILES string of the molecule is CCNC(=NCCCNS(C)(=O)=O)N1CCC(c2ccccc2)C(C)C1. The average Bonchev–Trinajstić information content (AvgIpc) is 2.60. The number of piperidine rings is 1. The normalized spacial score (nSPS) is 21.7. The lowest BCUT2D eigenvalue weighted by molar-refractivity contribution is 0.234. The van der Waals surface area contributed by atoms with E-state index in [1.165, 1.54) is 11.8 Å². The Balaban J connectivity index is 1.90. The standard InChI is InChI=1S/C19H32N4O2S/c1-4-20-19(21-12-8-13-22-26(3,24)25)23-14-11-18(16(2)15-23)17-9-6-5-7-10-17/h5-7,9-10,16,18,22H,4,8,11-15H2,1-3H3,(H,20,21). The van der Waals surface area contributed by atoms with Crippen molar-refractivity contribution in [3.63, 3.8) is 0 Å². The number of sulfonamides is 1. The summed E-state index contributed by atoms with van der Waals surface area (Å²) in [4.78, 5) is 7.02. The monoisotopic (exact) mass is 380 g/mol. The van der Waals surface area contributed by atoms with Crippen LogP contribution < -0.4 is 10.0 Å². The molecule has 1 aromatic rings. The summed E-state index contributed by atoms with van der Waals surface area (Å²) >= 11 is 0. The Morgan fingerprint density at radius 2 is 2.04 bits per heavy atom. The van der Waals surface area contributed by atoms with E-state index in [0.29, 0.717) is 31.3 Å². The maximum atomic E-state index is 11.1. The quantitative estimate of drug-likeness (QED) is 0.431. The molecule has 1 aliphatic heterocycles. The van der Waals surface area contributed by atoms with Crippen molar-refractivity contribution in [2.24, 2.45) is 10.9 Å². The molecule has 146 valence electrons. The van der Waals surface area contributed by atoms with E-state index in [2.05, 4.69) is 64.1 Å². The van der Waals surface area contributed by atoms with Gasteiger partial charge in [0, 0.05) is 32.7 Å². The highest BCUT2D eigenvalue weighted by Gasteiger charge is 2.28. The second-order valence-corrected chi connectivity index (χ2v) is 8.82. The molecule has 0 bridgehead atoms. The second-order valence-electron chi connectivity index (χ2n) is 6.98. The summed E-state index contributed by atoms with van der Waals surface area (Å²) in [6.45, 7) is 8.20. The first-order valence-corrected chi connectivity index (χ1v) is 11.3. The maximum absolute atomic E-state index is 11.1. The van der Waals surface area contributed by atoms with Crippen LogP contribution in [0.25, 0.3) is 0 Å². The fourth-order valence-corrected chi connectivity index (χ4v) is 4.00. The first kappa shape index (κ1) is 20.7. The fourth-order valence-electron chi connectivity index (χ4n) is 3.48. The molecule has 1 heterocycles. The molecule has 2 atom stereocenters. The number of nitrogens with zero attached hydrogens (tertiary/aromatic N) is 2. The lowest BCUT2D eigenvalue weighted by Crippen LogP contribution is -2.48. The van der Waals surface area contributed by atoms with Gasteiger partial charge < -0.3 is 10.2 Å². The van der Waals surface area contributed by atoms with Crippen molar-refractivity contribution >= 4 is 16.0 Å². The zero-order valence-electron chi connectivity index (χ0n) is 16.1. The molecule has 0 aliphatic carbocycles. The van der Waals surface area contributed by atoms with Crippen LogP contribution in [-0.4, -0.2) is 58.3 Å². The zero-order valence-corrected chi connectivity index (χ0v) is 16.9. The fraction of sp³-hybridized carbons (Fsp3) is 0.632. The summed E-state index contributed by atoms with van der Waals surface area (Å²) in [5.41, 5.74) is 1.42. The molecule has 2 unspecified atom stereocenters. The molecule has 26 heavy (non-hydrogen) atoms. The summed E-state index contributed by atoms with van der Waals surface area (Å²) < 4.78 is 24.7. The molecular formula is C19H32N4O2S. The van der Waals surface area contributed by atoms with Crippen LogP contribution in [0.2, 0.25) is 0 Å². The molecule has 0 amide bonds. The van der Waals surface area contributed by atoms with Crippen LogP contribution in [0.15, 0.2) is 35.3 Å². The highest BCUT2D eigenvalue weighted by atomic mass is 32.2. The minimum Gasteiger partial charge on any atom is -0.357 e. The minimum absolute atomic E-state index is 0.425. The van der Waals surface area contributed by atoms with Gasteiger partial charge in [-0.1, -0.05) is 37.3 Å². The average molecular weight is 381 g/mol. The molecule has 2 N–H and O–H groups in total. The van der Waals surface area contributed by atoms with Crippen LogP contribution in [0.5, 0.6) is 0 Å². The Morgan fingerprint density at radius 3 is 2.65 bits per heavy atom. The molecule has 0 saturated carbocycles. The van der Waals surface area contributed by atoms with Gasteiger partial charge in [-0.15, -0.1) is 0 Å². The van der Waals surface area contributed by atoms with Crippen LogP contribution in [0.4, 0.5) is 0 Å². The predicted octanol–water partition coefficient (Wildman–Crippen LogP) is 2.02. The zero-order chi connectivity index (χ0) is 19.0. The molecular weight excluding hydrogens is 348 g/mol. The molecule has 6 nitrogen and oxygen atoms in total. The minimum atomic E-state index is -3.12. The number of aliphatic imine (C=N–C) groups is 1. The van der Waals surface area contributed by atoms with Crippen molar-refractivity contribution in [2.45, 2.75) is 32.6 Å². The molecule has 0 aromatic heterocycles. The first-order valence-electron chi connectivity index (χ1n) is 9.43. The lowest BCUT2D eigenvalue weighted by atomic mass is 9.82. The predicted molar refractivity (Wildman–Crippen MR) is 108 cm³/mol. The van der Waals surface area contributed by atoms with Crippen molar-refractivity contribution in [3.05, 3.63) is 35.9 Å². The third-order valence-corrected chi connectivity index (χ3v) is 5.46. The van der Waals surface area contributed by atoms with E-state index in [4.69, 9.17) is 0 Å². The third-order valence-electron chi connectivity index (χ3n) is 4.73. The van der Waals surface area contributed by atoms with Crippen LogP contribution in [0.1, 0.15) is 38.2 Å². The topological polar surface area (TPSA) is 73.8 Å². The van der Waals surface area contributed by atoms with Crippen molar-refractivity contribution in [1.29, 1.82) is 0 Å². The number of nitrogens with one attached hydrogen (secondary N) is 2. The smallest absolute Gasteiger partial charge is 0.208 e. The molecule has 1 aromatic carbocycles. The Kier molecular flexibility index (Phi) is 7.90. The van der Waals surface area contributed by atoms with Gasteiger partial charge >= 0.3 is 0 Å². The summed E-state index contributed by atoms with van der Waals surface area (Å²) in [5, 5.41) is 3.37. The van der Waals surface area contributed by atoms with Gasteiger partial charge in [0.25, 0.3) is 0 Å². The molecule has 7 heteroatoms. The van der Waals surface area contributed by atoms with Gasteiger partial charge in [-0.05, 0) is 37.2 Å². The van der Waals surface area contributed by atoms with Gasteiger partial charge in [0.1, 0.15) is 0 Å². The summed E-state index contributed by atoms with van der Waals surface area (Å²) in [5.74, 6) is 2.08. The highest BCUT2D eigenvalue weighted by Crippen LogP contribution is 2.32. The van der Waals surface area contributed by atoms with E-state index in [0.717, 1.165) is 32.0 Å². The Morgan fingerprint density at radius 1 is 1.31 bits per heavy atom. The van der Waals surface area contributed by atoms with Gasteiger partial charge in [0.2, 0.25) is 10.0 Å². The van der Waals surface area contributed by atoms with Gasteiger partial charge in [-0.25, -0.2) is 13.1 Å². The van der Waals surface area contributed by atoms with E-state index < -0.39 is 10.0 Å². The number of hydrogen-bond donors (Lipinski definition) is 2. The number of guanidine groups is 1. The van der Waals surface area contributed by atoms with Crippen molar-refractivity contribution < 1.29 is 8.42 Å². The van der Waals surface area contributed by atoms with Crippen LogP contribution in [0, 0.1) is 5.92 Å². The molecule has 1 fully saturated rings. The number of rotatable bonds is 7. The van der Waals surface area contributed by atoms with Crippen LogP contribution in [-0.2, 0) is 10.0 Å². The largest absolute Gasteiger partial charge is 0.357 e.